The van der Waals surface area contributed by atoms with Crippen molar-refractivity contribution < 1.29 is 19.0 Å². The monoisotopic (exact) mass is 681 g/mol. The third kappa shape index (κ3) is 12.7. The van der Waals surface area contributed by atoms with E-state index in [1.165, 1.54) is 76.2 Å². The maximum absolute atomic E-state index is 12.9. The van der Waals surface area contributed by atoms with E-state index >= 15 is 0 Å². The Hall–Kier alpha value is -4.10. The lowest BCUT2D eigenvalue weighted by Crippen LogP contribution is -2.39. The lowest BCUT2D eigenvalue weighted by Gasteiger charge is -2.37. The Morgan fingerprint density at radius 1 is 0.800 bits per heavy atom. The summed E-state index contributed by atoms with van der Waals surface area (Å²) in [6, 6.07) is 29.5. The van der Waals surface area contributed by atoms with Crippen molar-refractivity contribution in [2.45, 2.75) is 123 Å². The average Bonchev–Trinajstić information content (AvgIpc) is 3.42. The molecule has 0 aliphatic carbocycles. The van der Waals surface area contributed by atoms with Crippen molar-refractivity contribution >= 4 is 11.9 Å². The molecule has 3 aromatic carbocycles. The Balaban J connectivity index is 1.37. The van der Waals surface area contributed by atoms with Gasteiger partial charge in [0.15, 0.2) is 0 Å². The number of nitrogens with zero attached hydrogens (tertiary/aromatic N) is 2. The molecule has 0 spiro atoms. The van der Waals surface area contributed by atoms with Gasteiger partial charge in [-0.15, -0.1) is 5.10 Å². The molecule has 1 N–H and O–H groups in total. The van der Waals surface area contributed by atoms with E-state index < -0.39 is 6.09 Å². The topological polar surface area (TPSA) is 74.6 Å². The summed E-state index contributed by atoms with van der Waals surface area (Å²) < 4.78 is 20.3. The molecule has 0 aliphatic heterocycles. The van der Waals surface area contributed by atoms with Gasteiger partial charge in [-0.3, -0.25) is 5.32 Å². The SMILES string of the molecule is CCCCCCCCC(CCCCCc1ccccc1)C(C)(C)O[C@@H](C)COc1nn(-c2ccccc2)c(NC(=O)Oc2ccccc2)c1C. The van der Waals surface area contributed by atoms with Gasteiger partial charge in [-0.1, -0.05) is 125 Å². The number of nitrogens with one attached hydrogen (secondary N) is 1. The minimum absolute atomic E-state index is 0.157. The van der Waals surface area contributed by atoms with Gasteiger partial charge in [-0.2, -0.15) is 0 Å². The van der Waals surface area contributed by atoms with Crippen LogP contribution in [0.5, 0.6) is 11.6 Å². The largest absolute Gasteiger partial charge is 0.474 e. The van der Waals surface area contributed by atoms with Crippen LogP contribution in [0.2, 0.25) is 0 Å². The lowest BCUT2D eigenvalue weighted by atomic mass is 9.82. The highest BCUT2D eigenvalue weighted by Crippen LogP contribution is 2.34. The van der Waals surface area contributed by atoms with Gasteiger partial charge in [0, 0.05) is 0 Å². The van der Waals surface area contributed by atoms with Crippen LogP contribution in [-0.2, 0) is 11.2 Å². The molecule has 2 atom stereocenters. The van der Waals surface area contributed by atoms with Crippen LogP contribution < -0.4 is 14.8 Å². The summed E-state index contributed by atoms with van der Waals surface area (Å²) in [5.41, 5.74) is 2.64. The van der Waals surface area contributed by atoms with E-state index in [4.69, 9.17) is 19.3 Å². The number of carbonyl (C=O) groups excluding carboxylic acids is 1. The summed E-state index contributed by atoms with van der Waals surface area (Å²) in [5.74, 6) is 1.87. The summed E-state index contributed by atoms with van der Waals surface area (Å²) in [5, 5.41) is 7.65. The van der Waals surface area contributed by atoms with E-state index in [2.05, 4.69) is 63.3 Å². The Kier molecular flexibility index (Phi) is 15.9. The third-order valence-corrected chi connectivity index (χ3v) is 9.46. The minimum atomic E-state index is -0.599. The fourth-order valence-electron chi connectivity index (χ4n) is 6.63. The van der Waals surface area contributed by atoms with Crippen LogP contribution in [-0.4, -0.2) is 34.2 Å². The molecule has 0 saturated carbocycles. The zero-order valence-corrected chi connectivity index (χ0v) is 31.0. The Labute approximate surface area is 300 Å². The summed E-state index contributed by atoms with van der Waals surface area (Å²) in [7, 11) is 0. The van der Waals surface area contributed by atoms with Gasteiger partial charge < -0.3 is 14.2 Å². The van der Waals surface area contributed by atoms with Gasteiger partial charge >= 0.3 is 6.09 Å². The van der Waals surface area contributed by atoms with Crippen LogP contribution >= 0.6 is 0 Å². The number of hydrogen-bond donors (Lipinski definition) is 1. The van der Waals surface area contributed by atoms with E-state index in [1.807, 2.05) is 55.5 Å². The smallest absolute Gasteiger partial charge is 0.418 e. The number of benzene rings is 3. The van der Waals surface area contributed by atoms with Crippen molar-refractivity contribution in [1.82, 2.24) is 9.78 Å². The number of amides is 1. The van der Waals surface area contributed by atoms with Crippen molar-refractivity contribution in [3.63, 3.8) is 0 Å². The predicted octanol–water partition coefficient (Wildman–Crippen LogP) is 11.5. The van der Waals surface area contributed by atoms with Crippen LogP contribution in [0.3, 0.4) is 0 Å². The highest BCUT2D eigenvalue weighted by Gasteiger charge is 2.32. The van der Waals surface area contributed by atoms with Gasteiger partial charge in [0.25, 0.3) is 0 Å². The van der Waals surface area contributed by atoms with Crippen molar-refractivity contribution in [3.8, 4) is 17.3 Å². The molecule has 7 nitrogen and oxygen atoms in total. The number of aryl methyl sites for hydroxylation is 1. The van der Waals surface area contributed by atoms with Gasteiger partial charge in [0.1, 0.15) is 18.2 Å². The molecule has 1 aromatic heterocycles. The fourth-order valence-corrected chi connectivity index (χ4v) is 6.63. The molecule has 50 heavy (non-hydrogen) atoms. The standard InChI is InChI=1S/C43H59N3O4/c1-6-7-8-9-10-18-27-37(28-19-12-17-26-36-24-15-11-16-25-36)43(4,5)50-34(2)33-48-41-35(3)40(46(45-41)38-29-20-13-21-30-38)44-42(47)49-39-31-22-14-23-32-39/h11,13-16,20-25,29-32,34,37H,6-10,12,17-19,26-28,33H2,1-5H3,(H,44,47)/t34-,37?/m0/s1. The van der Waals surface area contributed by atoms with E-state index in [0.29, 0.717) is 35.5 Å². The second kappa shape index (κ2) is 20.5. The molecule has 0 aliphatic rings. The normalized spacial score (nSPS) is 12.7. The van der Waals surface area contributed by atoms with Gasteiger partial charge in [-0.05, 0) is 89.1 Å². The highest BCUT2D eigenvalue weighted by atomic mass is 16.6. The van der Waals surface area contributed by atoms with Gasteiger partial charge in [-0.25, -0.2) is 9.48 Å². The third-order valence-electron chi connectivity index (χ3n) is 9.46. The zero-order valence-electron chi connectivity index (χ0n) is 31.0. The van der Waals surface area contributed by atoms with Crippen LogP contribution in [0.4, 0.5) is 10.6 Å². The summed E-state index contributed by atoms with van der Waals surface area (Å²) in [4.78, 5) is 12.9. The number of carbonyl (C=O) groups is 1. The average molecular weight is 682 g/mol. The van der Waals surface area contributed by atoms with Crippen LogP contribution in [0.15, 0.2) is 91.0 Å². The first-order valence-corrected chi connectivity index (χ1v) is 18.8. The quantitative estimate of drug-likeness (QED) is 0.0836. The molecular weight excluding hydrogens is 622 g/mol. The molecular formula is C43H59N3O4. The van der Waals surface area contributed by atoms with E-state index in [9.17, 15) is 4.79 Å². The Morgan fingerprint density at radius 3 is 2.04 bits per heavy atom. The van der Waals surface area contributed by atoms with E-state index in [0.717, 1.165) is 12.1 Å². The molecule has 0 radical (unpaired) electrons. The maximum atomic E-state index is 12.9. The number of anilines is 1. The maximum Gasteiger partial charge on any atom is 0.418 e. The van der Waals surface area contributed by atoms with Gasteiger partial charge in [0.05, 0.1) is 23.0 Å². The first-order chi connectivity index (χ1) is 24.3. The number of hydrogen-bond acceptors (Lipinski definition) is 5. The fraction of sp³-hybridized carbons (Fsp3) is 0.488. The number of ether oxygens (including phenoxy) is 3. The van der Waals surface area contributed by atoms with Crippen LogP contribution in [0.25, 0.3) is 5.69 Å². The zero-order chi connectivity index (χ0) is 35.6. The molecule has 4 aromatic rings. The summed E-state index contributed by atoms with van der Waals surface area (Å²) >= 11 is 0. The lowest BCUT2D eigenvalue weighted by molar-refractivity contribution is -0.114. The van der Waals surface area contributed by atoms with Crippen molar-refractivity contribution in [2.24, 2.45) is 5.92 Å². The number of para-hydroxylation sites is 2. The van der Waals surface area contributed by atoms with Crippen molar-refractivity contribution in [1.29, 1.82) is 0 Å². The molecule has 0 fully saturated rings. The molecule has 1 unspecified atom stereocenters. The highest BCUT2D eigenvalue weighted by molar-refractivity contribution is 5.87. The Bertz CT molecular complexity index is 1520. The number of rotatable bonds is 22. The molecule has 4 rings (SSSR count). The second-order valence-corrected chi connectivity index (χ2v) is 14.0. The molecule has 7 heteroatoms. The molecule has 270 valence electrons. The van der Waals surface area contributed by atoms with Crippen LogP contribution in [0, 0.1) is 12.8 Å². The first kappa shape index (κ1) is 38.7. The number of aromatic nitrogens is 2. The Morgan fingerprint density at radius 2 is 1.38 bits per heavy atom. The van der Waals surface area contributed by atoms with E-state index in [1.54, 1.807) is 16.8 Å². The predicted molar refractivity (Wildman–Crippen MR) is 205 cm³/mol. The van der Waals surface area contributed by atoms with E-state index in [-0.39, 0.29) is 11.7 Å². The minimum Gasteiger partial charge on any atom is -0.474 e. The molecule has 0 saturated heterocycles. The summed E-state index contributed by atoms with van der Waals surface area (Å²) in [6.45, 7) is 11.1. The number of unbranched alkanes of at least 4 members (excludes halogenated alkanes) is 7. The first-order valence-electron chi connectivity index (χ1n) is 18.8. The van der Waals surface area contributed by atoms with Gasteiger partial charge in [0.2, 0.25) is 5.88 Å². The molecule has 0 bridgehead atoms. The second-order valence-electron chi connectivity index (χ2n) is 14.0. The molecule has 1 heterocycles. The summed E-state index contributed by atoms with van der Waals surface area (Å²) in [6.07, 6.45) is 14.2. The van der Waals surface area contributed by atoms with Crippen LogP contribution in [0.1, 0.15) is 109 Å². The molecule has 1 amide bonds. The van der Waals surface area contributed by atoms with Crippen molar-refractivity contribution in [2.75, 3.05) is 11.9 Å². The van der Waals surface area contributed by atoms with Crippen molar-refractivity contribution in [3.05, 3.63) is 102 Å².